The Bertz CT molecular complexity index is 1070. The minimum atomic E-state index is -0.274. The van der Waals surface area contributed by atoms with Crippen LogP contribution < -0.4 is 5.69 Å². The largest absolute Gasteiger partial charge is 0.385 e. The van der Waals surface area contributed by atoms with Crippen LogP contribution in [0, 0.1) is 13.8 Å². The average molecular weight is 479 g/mol. The van der Waals surface area contributed by atoms with E-state index in [2.05, 4.69) is 30.7 Å². The van der Waals surface area contributed by atoms with Crippen LogP contribution in [0.2, 0.25) is 0 Å². The van der Waals surface area contributed by atoms with E-state index in [1.807, 2.05) is 44.2 Å². The molecule has 3 aromatic rings. The highest BCUT2D eigenvalue weighted by Crippen LogP contribution is 2.25. The number of benzene rings is 1. The zero-order valence-corrected chi connectivity index (χ0v) is 19.0. The Morgan fingerprint density at radius 1 is 1.31 bits per heavy atom. The van der Waals surface area contributed by atoms with Gasteiger partial charge < -0.3 is 9.30 Å². The molecule has 1 aromatic carbocycles. The van der Waals surface area contributed by atoms with Gasteiger partial charge in [-0.25, -0.2) is 9.89 Å². The topological polar surface area (TPSA) is 81.9 Å². The summed E-state index contributed by atoms with van der Waals surface area (Å²) in [6.45, 7) is 4.99. The van der Waals surface area contributed by atoms with E-state index < -0.39 is 0 Å². The molecule has 2 aromatic heterocycles. The van der Waals surface area contributed by atoms with E-state index in [1.165, 1.54) is 11.8 Å². The van der Waals surface area contributed by atoms with Crippen LogP contribution in [-0.2, 0) is 11.3 Å². The fraction of sp³-hybridized carbons (Fsp3) is 0.350. The number of hydrogen-bond acceptors (Lipinski definition) is 5. The molecule has 0 aliphatic rings. The fourth-order valence-corrected chi connectivity index (χ4v) is 4.49. The number of nitrogens with one attached hydrogen (secondary N) is 1. The van der Waals surface area contributed by atoms with Crippen molar-refractivity contribution in [2.45, 2.75) is 32.0 Å². The molecular weight excluding hydrogens is 456 g/mol. The Kier molecular flexibility index (Phi) is 7.15. The maximum absolute atomic E-state index is 12.9. The molecule has 0 atom stereocenters. The number of aromatic amines is 1. The molecule has 0 aliphatic carbocycles. The number of Topliss-reactive ketones (excluding diaryl/α,β-unsaturated/α-hetero) is 1. The first-order chi connectivity index (χ1) is 13.9. The Balaban J connectivity index is 1.76. The Labute approximate surface area is 181 Å². The summed E-state index contributed by atoms with van der Waals surface area (Å²) in [5.74, 6) is 0.209. The van der Waals surface area contributed by atoms with Gasteiger partial charge in [-0.05, 0) is 44.5 Å². The van der Waals surface area contributed by atoms with Crippen LogP contribution in [0.25, 0.3) is 5.69 Å². The third-order valence-corrected chi connectivity index (χ3v) is 6.05. The zero-order valence-electron chi connectivity index (χ0n) is 16.6. The number of ether oxygens (including phenoxy) is 1. The molecule has 9 heteroatoms. The molecule has 0 spiro atoms. The molecule has 2 heterocycles. The van der Waals surface area contributed by atoms with Gasteiger partial charge in [0.05, 0.1) is 5.75 Å². The first-order valence-electron chi connectivity index (χ1n) is 9.17. The number of ketones is 1. The van der Waals surface area contributed by atoms with Gasteiger partial charge in [-0.2, -0.15) is 0 Å². The molecule has 0 amide bonds. The summed E-state index contributed by atoms with van der Waals surface area (Å²) in [5.41, 5.74) is 3.29. The van der Waals surface area contributed by atoms with Crippen LogP contribution >= 0.6 is 27.7 Å². The SMILES string of the molecule is COCCCn1c(SCC(=O)c2cc(C)n(-c3cccc(Br)c3)c2C)n[nH]c1=O. The van der Waals surface area contributed by atoms with E-state index in [-0.39, 0.29) is 17.2 Å². The van der Waals surface area contributed by atoms with Crippen molar-refractivity contribution in [3.8, 4) is 5.69 Å². The minimum Gasteiger partial charge on any atom is -0.385 e. The molecule has 154 valence electrons. The van der Waals surface area contributed by atoms with Crippen molar-refractivity contribution in [1.29, 1.82) is 0 Å². The number of hydrogen-bond donors (Lipinski definition) is 1. The number of rotatable bonds is 9. The van der Waals surface area contributed by atoms with Gasteiger partial charge >= 0.3 is 5.69 Å². The Morgan fingerprint density at radius 3 is 2.83 bits per heavy atom. The van der Waals surface area contributed by atoms with Crippen LogP contribution in [0.5, 0.6) is 0 Å². The van der Waals surface area contributed by atoms with Crippen molar-refractivity contribution >= 4 is 33.5 Å². The van der Waals surface area contributed by atoms with Gasteiger partial charge in [0.2, 0.25) is 0 Å². The van der Waals surface area contributed by atoms with Crippen molar-refractivity contribution in [3.05, 3.63) is 62.2 Å². The van der Waals surface area contributed by atoms with E-state index in [4.69, 9.17) is 4.74 Å². The summed E-state index contributed by atoms with van der Waals surface area (Å²) < 4.78 is 9.63. The minimum absolute atomic E-state index is 0.00300. The molecule has 0 radical (unpaired) electrons. The van der Waals surface area contributed by atoms with Gasteiger partial charge in [0.15, 0.2) is 10.9 Å². The first-order valence-corrected chi connectivity index (χ1v) is 10.9. The van der Waals surface area contributed by atoms with Gasteiger partial charge in [-0.1, -0.05) is 33.8 Å². The fourth-order valence-electron chi connectivity index (χ4n) is 3.24. The molecule has 0 unspecified atom stereocenters. The summed E-state index contributed by atoms with van der Waals surface area (Å²) in [4.78, 5) is 24.8. The van der Waals surface area contributed by atoms with Gasteiger partial charge in [0.25, 0.3) is 0 Å². The van der Waals surface area contributed by atoms with Gasteiger partial charge in [-0.15, -0.1) is 5.10 Å². The van der Waals surface area contributed by atoms with Crippen molar-refractivity contribution in [2.75, 3.05) is 19.5 Å². The highest BCUT2D eigenvalue weighted by atomic mass is 79.9. The van der Waals surface area contributed by atoms with Crippen LogP contribution in [0.3, 0.4) is 0 Å². The third kappa shape index (κ3) is 4.91. The van der Waals surface area contributed by atoms with Crippen LogP contribution in [0.4, 0.5) is 0 Å². The molecule has 0 saturated carbocycles. The van der Waals surface area contributed by atoms with Crippen LogP contribution in [0.1, 0.15) is 28.2 Å². The van der Waals surface area contributed by atoms with E-state index in [9.17, 15) is 9.59 Å². The number of carbonyl (C=O) groups excluding carboxylic acids is 1. The lowest BCUT2D eigenvalue weighted by Crippen LogP contribution is -2.18. The molecule has 1 N–H and O–H groups in total. The molecule has 29 heavy (non-hydrogen) atoms. The molecule has 7 nitrogen and oxygen atoms in total. The predicted octanol–water partition coefficient (Wildman–Crippen LogP) is 3.75. The van der Waals surface area contributed by atoms with Gasteiger partial charge in [0.1, 0.15) is 0 Å². The molecule has 0 bridgehead atoms. The number of nitrogens with zero attached hydrogens (tertiary/aromatic N) is 3. The highest BCUT2D eigenvalue weighted by molar-refractivity contribution is 9.10. The van der Waals surface area contributed by atoms with Crippen molar-refractivity contribution < 1.29 is 9.53 Å². The Hall–Kier alpha value is -2.10. The number of thioether (sulfide) groups is 1. The molecule has 0 saturated heterocycles. The second-order valence-corrected chi connectivity index (χ2v) is 8.48. The number of H-pyrrole nitrogens is 1. The molecule has 0 aliphatic heterocycles. The zero-order chi connectivity index (χ0) is 21.0. The molecular formula is C20H23BrN4O3S. The van der Waals surface area contributed by atoms with Gasteiger partial charge in [-0.3, -0.25) is 9.36 Å². The van der Waals surface area contributed by atoms with Crippen LogP contribution in [-0.4, -0.2) is 44.6 Å². The summed E-state index contributed by atoms with van der Waals surface area (Å²) in [6.07, 6.45) is 0.700. The normalized spacial score (nSPS) is 11.2. The number of methoxy groups -OCH3 is 1. The number of halogens is 1. The summed E-state index contributed by atoms with van der Waals surface area (Å²) in [6, 6.07) is 9.88. The van der Waals surface area contributed by atoms with E-state index in [0.717, 1.165) is 21.5 Å². The van der Waals surface area contributed by atoms with Gasteiger partial charge in [0, 0.05) is 47.4 Å². The third-order valence-electron chi connectivity index (χ3n) is 4.58. The lowest BCUT2D eigenvalue weighted by atomic mass is 10.2. The lowest BCUT2D eigenvalue weighted by molar-refractivity contribution is 0.102. The lowest BCUT2D eigenvalue weighted by Gasteiger charge is -2.10. The summed E-state index contributed by atoms with van der Waals surface area (Å²) in [5, 5.41) is 7.02. The number of aryl methyl sites for hydroxylation is 1. The maximum Gasteiger partial charge on any atom is 0.343 e. The second-order valence-electron chi connectivity index (χ2n) is 6.62. The van der Waals surface area contributed by atoms with E-state index in [1.54, 1.807) is 11.7 Å². The highest BCUT2D eigenvalue weighted by Gasteiger charge is 2.18. The van der Waals surface area contributed by atoms with Crippen molar-refractivity contribution in [3.63, 3.8) is 0 Å². The summed E-state index contributed by atoms with van der Waals surface area (Å²) >= 11 is 4.76. The molecule has 3 rings (SSSR count). The Morgan fingerprint density at radius 2 is 2.10 bits per heavy atom. The number of carbonyl (C=O) groups is 1. The average Bonchev–Trinajstić information content (AvgIpc) is 3.19. The quantitative estimate of drug-likeness (QED) is 0.287. The standard InChI is InChI=1S/C20H23BrN4O3S/c1-13-10-17(14(2)25(13)16-7-4-6-15(21)11-16)18(26)12-29-20-23-22-19(27)24(20)8-5-9-28-3/h4,6-7,10-11H,5,8-9,12H2,1-3H3,(H,22,27). The number of aromatic nitrogens is 4. The van der Waals surface area contributed by atoms with Crippen molar-refractivity contribution in [2.24, 2.45) is 0 Å². The smallest absolute Gasteiger partial charge is 0.343 e. The maximum atomic E-state index is 12.9. The van der Waals surface area contributed by atoms with Crippen molar-refractivity contribution in [1.82, 2.24) is 19.3 Å². The summed E-state index contributed by atoms with van der Waals surface area (Å²) in [7, 11) is 1.62. The monoisotopic (exact) mass is 478 g/mol. The predicted molar refractivity (Wildman–Crippen MR) is 117 cm³/mol. The van der Waals surface area contributed by atoms with Crippen LogP contribution in [0.15, 0.2) is 44.8 Å². The molecule has 0 fully saturated rings. The second kappa shape index (κ2) is 9.60. The van der Waals surface area contributed by atoms with E-state index >= 15 is 0 Å². The first kappa shape index (κ1) is 21.6. The van der Waals surface area contributed by atoms with E-state index in [0.29, 0.717) is 30.3 Å².